The molecule has 2 aliphatic rings. The summed E-state index contributed by atoms with van der Waals surface area (Å²) < 4.78 is 5.10. The van der Waals surface area contributed by atoms with Crippen LogP contribution in [0.5, 0.6) is 5.75 Å². The molecule has 0 aliphatic carbocycles. The third-order valence-electron chi connectivity index (χ3n) is 4.49. The number of hydrogen-bond donors (Lipinski definition) is 2. The average Bonchev–Trinajstić information content (AvgIpc) is 3.11. The molecule has 23 heavy (non-hydrogen) atoms. The number of Topliss-reactive ketones (excluding diaryl/α,β-unsaturated/α-hetero) is 1. The van der Waals surface area contributed by atoms with Crippen molar-refractivity contribution in [2.75, 3.05) is 12.9 Å². The molecule has 0 saturated carbocycles. The predicted octanol–water partition coefficient (Wildman–Crippen LogP) is 2.60. The Morgan fingerprint density at radius 2 is 2.04 bits per heavy atom. The predicted molar refractivity (Wildman–Crippen MR) is 91.3 cm³/mol. The maximum absolute atomic E-state index is 12.2. The molecule has 0 aromatic heterocycles. The fourth-order valence-corrected chi connectivity index (χ4v) is 4.74. The van der Waals surface area contributed by atoms with E-state index in [0.29, 0.717) is 11.7 Å². The molecule has 5 nitrogen and oxygen atoms in total. The zero-order valence-corrected chi connectivity index (χ0v) is 14.0. The van der Waals surface area contributed by atoms with Crippen LogP contribution in [0.2, 0.25) is 0 Å². The van der Waals surface area contributed by atoms with E-state index in [9.17, 15) is 9.59 Å². The topological polar surface area (TPSA) is 67.4 Å². The Bertz CT molecular complexity index is 576. The van der Waals surface area contributed by atoms with E-state index in [2.05, 4.69) is 10.6 Å². The van der Waals surface area contributed by atoms with Crippen molar-refractivity contribution in [1.29, 1.82) is 0 Å². The largest absolute Gasteiger partial charge is 0.497 e. The minimum absolute atomic E-state index is 0.0417. The minimum Gasteiger partial charge on any atom is -0.497 e. The Kier molecular flexibility index (Phi) is 5.10. The van der Waals surface area contributed by atoms with Gasteiger partial charge >= 0.3 is 6.03 Å². The fourth-order valence-electron chi connectivity index (χ4n) is 3.20. The van der Waals surface area contributed by atoms with Gasteiger partial charge in [0.1, 0.15) is 5.75 Å². The molecule has 1 aromatic rings. The van der Waals surface area contributed by atoms with Crippen molar-refractivity contribution in [3.63, 3.8) is 0 Å². The molecule has 1 aromatic carbocycles. The second kappa shape index (κ2) is 7.25. The smallest absolute Gasteiger partial charge is 0.315 e. The van der Waals surface area contributed by atoms with Crippen LogP contribution in [0.3, 0.4) is 0 Å². The summed E-state index contributed by atoms with van der Waals surface area (Å²) in [6.45, 7) is 0. The monoisotopic (exact) mass is 334 g/mol. The first-order chi connectivity index (χ1) is 11.2. The van der Waals surface area contributed by atoms with Crippen LogP contribution < -0.4 is 15.4 Å². The fraction of sp³-hybridized carbons (Fsp3) is 0.529. The van der Waals surface area contributed by atoms with Crippen molar-refractivity contribution in [3.8, 4) is 5.75 Å². The highest BCUT2D eigenvalue weighted by Crippen LogP contribution is 2.33. The number of carbonyl (C=O) groups is 2. The normalized spacial score (nSPS) is 25.6. The van der Waals surface area contributed by atoms with Crippen molar-refractivity contribution in [3.05, 3.63) is 29.8 Å². The molecule has 6 heteroatoms. The van der Waals surface area contributed by atoms with Crippen LogP contribution in [0.4, 0.5) is 4.79 Å². The van der Waals surface area contributed by atoms with Crippen LogP contribution in [0.25, 0.3) is 0 Å². The van der Waals surface area contributed by atoms with E-state index >= 15 is 0 Å². The van der Waals surface area contributed by atoms with Gasteiger partial charge in [-0.25, -0.2) is 4.79 Å². The van der Waals surface area contributed by atoms with E-state index in [1.807, 2.05) is 36.0 Å². The number of unbranched alkanes of at least 4 members (excludes halogenated alkanes) is 1. The van der Waals surface area contributed by atoms with Crippen molar-refractivity contribution >= 4 is 23.6 Å². The Balaban J connectivity index is 1.39. The van der Waals surface area contributed by atoms with E-state index in [1.54, 1.807) is 7.11 Å². The van der Waals surface area contributed by atoms with Gasteiger partial charge in [0, 0.05) is 23.0 Å². The number of methoxy groups -OCH3 is 1. The molecule has 2 heterocycles. The Morgan fingerprint density at radius 3 is 2.78 bits per heavy atom. The first-order valence-corrected chi connectivity index (χ1v) is 9.08. The van der Waals surface area contributed by atoms with Crippen molar-refractivity contribution in [2.45, 2.75) is 43.0 Å². The van der Waals surface area contributed by atoms with Crippen molar-refractivity contribution in [1.82, 2.24) is 10.6 Å². The van der Waals surface area contributed by atoms with Gasteiger partial charge in [0.2, 0.25) is 0 Å². The molecule has 0 radical (unpaired) electrons. The van der Waals surface area contributed by atoms with Gasteiger partial charge in [0.25, 0.3) is 0 Å². The van der Waals surface area contributed by atoms with Gasteiger partial charge in [-0.15, -0.1) is 0 Å². The lowest BCUT2D eigenvalue weighted by atomic mass is 10.0. The zero-order chi connectivity index (χ0) is 16.2. The summed E-state index contributed by atoms with van der Waals surface area (Å²) in [5.41, 5.74) is 0.744. The molecule has 124 valence electrons. The molecule has 3 unspecified atom stereocenters. The summed E-state index contributed by atoms with van der Waals surface area (Å²) in [6, 6.07) is 7.76. The van der Waals surface area contributed by atoms with E-state index < -0.39 is 0 Å². The molecule has 3 atom stereocenters. The van der Waals surface area contributed by atoms with Gasteiger partial charge < -0.3 is 15.4 Å². The Labute approximate surface area is 140 Å². The third kappa shape index (κ3) is 3.80. The number of ketones is 1. The molecular formula is C17H22N2O3S. The second-order valence-electron chi connectivity index (χ2n) is 6.02. The standard InChI is InChI=1S/C17H22N2O3S/c1-22-12-8-6-11(7-9-12)14(20)4-2-3-5-15-16-13(10-23-15)18-17(21)19-16/h6-9,13,15-16H,2-5,10H2,1H3,(H2,18,19,21). The van der Waals surface area contributed by atoms with Crippen LogP contribution in [0, 0.1) is 0 Å². The van der Waals surface area contributed by atoms with Gasteiger partial charge in [-0.3, -0.25) is 4.79 Å². The molecule has 0 spiro atoms. The van der Waals surface area contributed by atoms with Gasteiger partial charge in [0.15, 0.2) is 5.78 Å². The highest BCUT2D eigenvalue weighted by atomic mass is 32.2. The quantitative estimate of drug-likeness (QED) is 0.457. The lowest BCUT2D eigenvalue weighted by Crippen LogP contribution is -2.36. The van der Waals surface area contributed by atoms with Gasteiger partial charge in [-0.1, -0.05) is 6.42 Å². The van der Waals surface area contributed by atoms with E-state index in [1.165, 1.54) is 0 Å². The molecule has 3 rings (SSSR count). The molecule has 2 aliphatic heterocycles. The number of rotatable bonds is 7. The SMILES string of the molecule is COc1ccc(C(=O)CCCCC2SCC3NC(=O)NC32)cc1. The Morgan fingerprint density at radius 1 is 1.26 bits per heavy atom. The Hall–Kier alpha value is -1.69. The maximum Gasteiger partial charge on any atom is 0.315 e. The first kappa shape index (κ1) is 16.2. The number of ether oxygens (including phenoxy) is 1. The van der Waals surface area contributed by atoms with E-state index in [-0.39, 0.29) is 23.9 Å². The summed E-state index contributed by atoms with van der Waals surface area (Å²) in [5, 5.41) is 6.42. The highest BCUT2D eigenvalue weighted by Gasteiger charge is 2.42. The number of benzene rings is 1. The molecule has 0 bridgehead atoms. The number of urea groups is 1. The lowest BCUT2D eigenvalue weighted by molar-refractivity contribution is 0.0979. The van der Waals surface area contributed by atoms with Crippen LogP contribution in [-0.2, 0) is 0 Å². The van der Waals surface area contributed by atoms with E-state index in [4.69, 9.17) is 4.74 Å². The van der Waals surface area contributed by atoms with Gasteiger partial charge in [-0.05, 0) is 37.1 Å². The number of hydrogen-bond acceptors (Lipinski definition) is 4. The summed E-state index contributed by atoms with van der Waals surface area (Å²) in [6.07, 6.45) is 3.52. The summed E-state index contributed by atoms with van der Waals surface area (Å²) in [7, 11) is 1.62. The van der Waals surface area contributed by atoms with Gasteiger partial charge in [0.05, 0.1) is 19.2 Å². The number of nitrogens with one attached hydrogen (secondary N) is 2. The molecule has 2 saturated heterocycles. The van der Waals surface area contributed by atoms with Crippen LogP contribution in [0.15, 0.2) is 24.3 Å². The summed E-state index contributed by atoms with van der Waals surface area (Å²) in [5.74, 6) is 1.93. The average molecular weight is 334 g/mol. The molecule has 2 fully saturated rings. The van der Waals surface area contributed by atoms with Crippen molar-refractivity contribution < 1.29 is 14.3 Å². The minimum atomic E-state index is -0.0417. The molecular weight excluding hydrogens is 312 g/mol. The second-order valence-corrected chi connectivity index (χ2v) is 7.29. The maximum atomic E-state index is 12.2. The van der Waals surface area contributed by atoms with Gasteiger partial charge in [-0.2, -0.15) is 11.8 Å². The number of fused-ring (bicyclic) bond motifs is 1. The third-order valence-corrected chi connectivity index (χ3v) is 6.00. The van der Waals surface area contributed by atoms with Crippen molar-refractivity contribution in [2.24, 2.45) is 0 Å². The number of thioether (sulfide) groups is 1. The highest BCUT2D eigenvalue weighted by molar-refractivity contribution is 8.00. The molecule has 2 amide bonds. The van der Waals surface area contributed by atoms with Crippen LogP contribution in [-0.4, -0.2) is 42.0 Å². The zero-order valence-electron chi connectivity index (χ0n) is 13.2. The molecule has 2 N–H and O–H groups in total. The number of carbonyl (C=O) groups excluding carboxylic acids is 2. The van der Waals surface area contributed by atoms with E-state index in [0.717, 1.165) is 36.3 Å². The van der Waals surface area contributed by atoms with Crippen LogP contribution >= 0.6 is 11.8 Å². The first-order valence-electron chi connectivity index (χ1n) is 8.03. The lowest BCUT2D eigenvalue weighted by Gasteiger charge is -2.16. The summed E-state index contributed by atoms with van der Waals surface area (Å²) >= 11 is 1.92. The van der Waals surface area contributed by atoms with Crippen LogP contribution in [0.1, 0.15) is 36.0 Å². The summed E-state index contributed by atoms with van der Waals surface area (Å²) in [4.78, 5) is 23.5. The number of amides is 2.